The molecule has 0 spiro atoms. The molecule has 5 rings (SSSR count). The highest BCUT2D eigenvalue weighted by Gasteiger charge is 2.83. The molecule has 1 aromatic carbocycles. The Morgan fingerprint density at radius 3 is 2.65 bits per heavy atom. The van der Waals surface area contributed by atoms with Gasteiger partial charge in [0.25, 0.3) is 0 Å². The summed E-state index contributed by atoms with van der Waals surface area (Å²) in [6.07, 6.45) is 10.9. The topological polar surface area (TPSA) is 83.4 Å². The first-order valence-corrected chi connectivity index (χ1v) is 13.4. The second-order valence-corrected chi connectivity index (χ2v) is 11.1. The van der Waals surface area contributed by atoms with E-state index in [1.54, 1.807) is 10.7 Å². The lowest BCUT2D eigenvalue weighted by Crippen LogP contribution is -2.41. The van der Waals surface area contributed by atoms with Crippen LogP contribution in [0, 0.1) is 11.3 Å². The first-order chi connectivity index (χ1) is 17.4. The molecule has 0 atom stereocenters. The predicted octanol–water partition coefficient (Wildman–Crippen LogP) is 6.85. The van der Waals surface area contributed by atoms with E-state index in [1.165, 1.54) is 0 Å². The van der Waals surface area contributed by atoms with E-state index >= 15 is 0 Å². The maximum Gasteiger partial charge on any atom is 0.315 e. The van der Waals surface area contributed by atoms with Crippen molar-refractivity contribution in [2.24, 2.45) is 11.3 Å². The van der Waals surface area contributed by atoms with Gasteiger partial charge in [-0.25, -0.2) is 9.78 Å². The first kappa shape index (κ1) is 27.2. The molecule has 0 unspecified atom stereocenters. The van der Waals surface area contributed by atoms with Crippen LogP contribution in [0.4, 0.5) is 10.6 Å². The van der Waals surface area contributed by atoms with Crippen LogP contribution < -0.4 is 16.0 Å². The number of hydrogen-bond acceptors (Lipinski definition) is 4. The van der Waals surface area contributed by atoms with E-state index in [-0.39, 0.29) is 24.4 Å². The summed E-state index contributed by atoms with van der Waals surface area (Å²) in [5.74, 6) is 1.33. The summed E-state index contributed by atoms with van der Waals surface area (Å²) in [5.41, 5.74) is 2.55. The fraction of sp³-hybridized carbons (Fsp3) is 0.393. The molecule has 2 aliphatic rings. The third kappa shape index (κ3) is 5.41. The smallest absolute Gasteiger partial charge is 0.315 e. The van der Waals surface area contributed by atoms with Crippen LogP contribution in [0.25, 0.3) is 16.9 Å². The lowest BCUT2D eigenvalue weighted by Gasteiger charge is -2.13. The average molecular weight is 586 g/mol. The number of aromatic nitrogens is 3. The molecule has 2 saturated carbocycles. The van der Waals surface area contributed by atoms with Crippen molar-refractivity contribution in [1.29, 1.82) is 0 Å². The van der Waals surface area contributed by atoms with Crippen LogP contribution in [-0.2, 0) is 0 Å². The number of carbonyl (C=O) groups excluding carboxylic acids is 1. The van der Waals surface area contributed by atoms with Gasteiger partial charge in [0.1, 0.15) is 5.82 Å². The van der Waals surface area contributed by atoms with Gasteiger partial charge in [-0.1, -0.05) is 49.4 Å². The van der Waals surface area contributed by atoms with Crippen molar-refractivity contribution in [2.45, 2.75) is 45.1 Å². The van der Waals surface area contributed by atoms with Crippen LogP contribution in [0.1, 0.15) is 39.5 Å². The van der Waals surface area contributed by atoms with Gasteiger partial charge in [-0.3, -0.25) is 0 Å². The van der Waals surface area contributed by atoms with Crippen LogP contribution in [0.3, 0.4) is 0 Å². The average Bonchev–Trinajstić information content (AvgIpc) is 3.57. The number of anilines is 1. The number of benzene rings is 1. The Morgan fingerprint density at radius 1 is 1.22 bits per heavy atom. The zero-order chi connectivity index (χ0) is 25.3. The number of nitrogens with zero attached hydrogens (tertiary/aromatic N) is 3. The molecular formula is C28H34BrClN6O. The molecule has 9 heteroatoms. The lowest BCUT2D eigenvalue weighted by molar-refractivity contribution is 0.238. The van der Waals surface area contributed by atoms with Gasteiger partial charge in [0.15, 0.2) is 5.65 Å². The van der Waals surface area contributed by atoms with Crippen molar-refractivity contribution < 1.29 is 4.79 Å². The number of nitrogens with one attached hydrogen (secondary N) is 3. The molecule has 2 fully saturated rings. The summed E-state index contributed by atoms with van der Waals surface area (Å²) >= 11 is 9.93. The third-order valence-corrected chi connectivity index (χ3v) is 8.26. The largest absolute Gasteiger partial charge is 0.368 e. The number of halogens is 2. The highest BCUT2D eigenvalue weighted by atomic mass is 79.9. The summed E-state index contributed by atoms with van der Waals surface area (Å²) in [6.45, 7) is 8.76. The van der Waals surface area contributed by atoms with E-state index in [1.807, 2.05) is 42.5 Å². The van der Waals surface area contributed by atoms with Gasteiger partial charge in [-0.15, -0.1) is 13.2 Å². The van der Waals surface area contributed by atoms with E-state index in [2.05, 4.69) is 50.1 Å². The highest BCUT2D eigenvalue weighted by Crippen LogP contribution is 2.81. The Kier molecular flexibility index (Phi) is 7.99. The Morgan fingerprint density at radius 2 is 1.95 bits per heavy atom. The molecule has 3 aromatic rings. The number of rotatable bonds is 12. The number of amides is 2. The van der Waals surface area contributed by atoms with Crippen molar-refractivity contribution in [3.05, 3.63) is 71.3 Å². The molecule has 0 radical (unpaired) electrons. The van der Waals surface area contributed by atoms with Crippen molar-refractivity contribution in [3.8, 4) is 11.3 Å². The second kappa shape index (κ2) is 10.9. The van der Waals surface area contributed by atoms with Crippen LogP contribution in [0.2, 0.25) is 5.02 Å². The maximum absolute atomic E-state index is 12.6. The molecule has 2 amide bonds. The van der Waals surface area contributed by atoms with Crippen LogP contribution in [0.15, 0.2) is 66.3 Å². The standard InChI is InChI=1S/C27H30BrClN6O.CH4/c1-3-7-18(8-4-2)14-26-16-27(26,17-26)34-25(36)31-12-11-30-23-13-22(19-9-5-6-10-21(19)29)33-24-20(28)15-32-35(23)24;/h3-6,9-10,13,15,18,30H,1-2,7-8,11-12,14,16-17H2,(H2,31,34,36);1H4. The SMILES string of the molecule is C.C=CCC(CC=C)CC12CC1(NC(=O)NCCNc1cc(-c3ccccc3Cl)nc3c(Br)cnn13)C2. The molecule has 37 heavy (non-hydrogen) atoms. The Balaban J connectivity index is 0.00000320. The van der Waals surface area contributed by atoms with E-state index < -0.39 is 0 Å². The van der Waals surface area contributed by atoms with Crippen LogP contribution in [0.5, 0.6) is 0 Å². The van der Waals surface area contributed by atoms with E-state index in [4.69, 9.17) is 16.6 Å². The number of hydrogen-bond donors (Lipinski definition) is 3. The Hall–Kier alpha value is -2.84. The highest BCUT2D eigenvalue weighted by molar-refractivity contribution is 9.10. The summed E-state index contributed by atoms with van der Waals surface area (Å²) < 4.78 is 2.52. The number of allylic oxidation sites excluding steroid dienone is 2. The van der Waals surface area contributed by atoms with E-state index in [0.717, 1.165) is 53.7 Å². The molecule has 0 saturated heterocycles. The minimum atomic E-state index is -0.112. The summed E-state index contributed by atoms with van der Waals surface area (Å²) in [5, 5.41) is 14.6. The minimum absolute atomic E-state index is 0. The predicted molar refractivity (Wildman–Crippen MR) is 155 cm³/mol. The van der Waals surface area contributed by atoms with Gasteiger partial charge in [-0.05, 0) is 65.4 Å². The molecule has 0 aliphatic heterocycles. The van der Waals surface area contributed by atoms with Gasteiger partial charge < -0.3 is 16.0 Å². The minimum Gasteiger partial charge on any atom is -0.368 e. The fourth-order valence-electron chi connectivity index (χ4n) is 5.36. The summed E-state index contributed by atoms with van der Waals surface area (Å²) in [6, 6.07) is 9.41. The molecule has 196 valence electrons. The lowest BCUT2D eigenvalue weighted by atomic mass is 9.91. The number of fused-ring (bicyclic) bond motifs is 2. The van der Waals surface area contributed by atoms with Gasteiger partial charge in [-0.2, -0.15) is 9.61 Å². The first-order valence-electron chi connectivity index (χ1n) is 12.2. The van der Waals surface area contributed by atoms with Crippen LogP contribution >= 0.6 is 27.5 Å². The normalized spacial score (nSPS) is 21.1. The summed E-state index contributed by atoms with van der Waals surface area (Å²) in [7, 11) is 0. The molecule has 7 nitrogen and oxygen atoms in total. The zero-order valence-corrected chi connectivity index (χ0v) is 22.4. The quantitative estimate of drug-likeness (QED) is 0.160. The monoisotopic (exact) mass is 584 g/mol. The summed E-state index contributed by atoms with van der Waals surface area (Å²) in [4.78, 5) is 17.3. The number of urea groups is 1. The molecule has 2 heterocycles. The van der Waals surface area contributed by atoms with Crippen molar-refractivity contribution in [1.82, 2.24) is 25.2 Å². The van der Waals surface area contributed by atoms with Crippen molar-refractivity contribution in [3.63, 3.8) is 0 Å². The molecule has 2 aromatic heterocycles. The van der Waals surface area contributed by atoms with Gasteiger partial charge in [0.05, 0.1) is 16.4 Å². The molecule has 3 N–H and O–H groups in total. The van der Waals surface area contributed by atoms with E-state index in [9.17, 15) is 4.79 Å². The van der Waals surface area contributed by atoms with Crippen molar-refractivity contribution in [2.75, 3.05) is 18.4 Å². The van der Waals surface area contributed by atoms with E-state index in [0.29, 0.717) is 29.7 Å². The molecule has 0 bridgehead atoms. The number of carbonyl (C=O) groups is 1. The Bertz CT molecular complexity index is 1310. The molecule has 2 aliphatic carbocycles. The van der Waals surface area contributed by atoms with Crippen LogP contribution in [-0.4, -0.2) is 39.3 Å². The fourth-order valence-corrected chi connectivity index (χ4v) is 5.94. The van der Waals surface area contributed by atoms with Gasteiger partial charge in [0.2, 0.25) is 0 Å². The van der Waals surface area contributed by atoms with Gasteiger partial charge >= 0.3 is 6.03 Å². The zero-order valence-electron chi connectivity index (χ0n) is 20.1. The maximum atomic E-state index is 12.6. The van der Waals surface area contributed by atoms with Gasteiger partial charge in [0, 0.05) is 35.3 Å². The Labute approximate surface area is 231 Å². The van der Waals surface area contributed by atoms with Crippen molar-refractivity contribution >= 4 is 45.0 Å². The molecular weight excluding hydrogens is 552 g/mol. The second-order valence-electron chi connectivity index (χ2n) is 9.88. The third-order valence-electron chi connectivity index (χ3n) is 7.37.